The van der Waals surface area contributed by atoms with Crippen molar-refractivity contribution in [3.05, 3.63) is 133 Å². The van der Waals surface area contributed by atoms with Crippen LogP contribution in [0.2, 0.25) is 0 Å². The van der Waals surface area contributed by atoms with Gasteiger partial charge in [0.15, 0.2) is 11.4 Å². The van der Waals surface area contributed by atoms with Gasteiger partial charge < -0.3 is 8.83 Å². The molecule has 0 aliphatic carbocycles. The molecule has 3 aromatic heterocycles. The van der Waals surface area contributed by atoms with Crippen molar-refractivity contribution in [2.75, 3.05) is 0 Å². The highest BCUT2D eigenvalue weighted by Gasteiger charge is 2.18. The van der Waals surface area contributed by atoms with Crippen LogP contribution in [0.5, 0.6) is 0 Å². The molecule has 0 amide bonds. The molecule has 0 atom stereocenters. The van der Waals surface area contributed by atoms with E-state index in [9.17, 15) is 0 Å². The van der Waals surface area contributed by atoms with E-state index in [4.69, 9.17) is 18.8 Å². The second-order valence-corrected chi connectivity index (χ2v) is 10.6. The van der Waals surface area contributed by atoms with Gasteiger partial charge in [-0.2, -0.15) is 0 Å². The van der Waals surface area contributed by atoms with Crippen LogP contribution in [0, 0.1) is 0 Å². The Hall–Kier alpha value is -5.74. The first-order valence-corrected chi connectivity index (χ1v) is 14.0. The zero-order chi connectivity index (χ0) is 27.6. The zero-order valence-corrected chi connectivity index (χ0v) is 22.4. The monoisotopic (exact) mass is 538 g/mol. The second kappa shape index (κ2) is 8.88. The summed E-state index contributed by atoms with van der Waals surface area (Å²) in [7, 11) is 0. The molecule has 3 heterocycles. The smallest absolute Gasteiger partial charge is 0.180 e. The van der Waals surface area contributed by atoms with Gasteiger partial charge in [-0.3, -0.25) is 0 Å². The van der Waals surface area contributed by atoms with Gasteiger partial charge in [-0.05, 0) is 52.2 Å². The summed E-state index contributed by atoms with van der Waals surface area (Å²) in [6.45, 7) is 0. The van der Waals surface area contributed by atoms with Crippen LogP contribution in [0.4, 0.5) is 0 Å². The number of hydrogen-bond acceptors (Lipinski definition) is 4. The summed E-state index contributed by atoms with van der Waals surface area (Å²) in [4.78, 5) is 10.0. The Morgan fingerprint density at radius 1 is 0.452 bits per heavy atom. The van der Waals surface area contributed by atoms with Crippen molar-refractivity contribution in [1.29, 1.82) is 0 Å². The number of furan rings is 2. The van der Waals surface area contributed by atoms with Gasteiger partial charge in [-0.1, -0.05) is 103 Å². The summed E-state index contributed by atoms with van der Waals surface area (Å²) < 4.78 is 12.6. The first-order chi connectivity index (χ1) is 20.8. The Balaban J connectivity index is 1.21. The summed E-state index contributed by atoms with van der Waals surface area (Å²) >= 11 is 0. The van der Waals surface area contributed by atoms with Crippen LogP contribution in [-0.2, 0) is 0 Å². The Labute approximate surface area is 240 Å². The molecule has 6 aromatic carbocycles. The molecular formula is C38H22N2O2. The predicted octanol–water partition coefficient (Wildman–Crippen LogP) is 10.4. The van der Waals surface area contributed by atoms with Crippen molar-refractivity contribution in [2.24, 2.45) is 0 Å². The summed E-state index contributed by atoms with van der Waals surface area (Å²) in [5.74, 6) is 0.665. The molecule has 42 heavy (non-hydrogen) atoms. The summed E-state index contributed by atoms with van der Waals surface area (Å²) in [6.07, 6.45) is 0. The molecule has 4 nitrogen and oxygen atoms in total. The van der Waals surface area contributed by atoms with Crippen molar-refractivity contribution >= 4 is 54.8 Å². The van der Waals surface area contributed by atoms with Gasteiger partial charge in [-0.25, -0.2) is 9.97 Å². The molecule has 196 valence electrons. The van der Waals surface area contributed by atoms with Crippen molar-refractivity contribution in [2.45, 2.75) is 0 Å². The molecule has 0 saturated carbocycles. The predicted molar refractivity (Wildman–Crippen MR) is 170 cm³/mol. The summed E-state index contributed by atoms with van der Waals surface area (Å²) in [5.41, 5.74) is 9.08. The van der Waals surface area contributed by atoms with Gasteiger partial charge >= 0.3 is 0 Å². The number of fused-ring (bicyclic) bond motifs is 7. The van der Waals surface area contributed by atoms with E-state index in [-0.39, 0.29) is 0 Å². The van der Waals surface area contributed by atoms with Crippen molar-refractivity contribution < 1.29 is 8.83 Å². The molecule has 0 aliphatic rings. The van der Waals surface area contributed by atoms with E-state index < -0.39 is 0 Å². The van der Waals surface area contributed by atoms with Gasteiger partial charge in [0.25, 0.3) is 0 Å². The number of para-hydroxylation sites is 1. The fraction of sp³-hybridized carbons (Fsp3) is 0. The van der Waals surface area contributed by atoms with Crippen molar-refractivity contribution in [3.63, 3.8) is 0 Å². The standard InChI is InChI=1S/C38H22N2O2/c1-2-9-24(10-3-1)35-37-36(29-13-6-7-15-31(29)42-37)40-38(39-35)25-19-17-23(18-20-25)28-14-8-16-32-34(28)30-21-26-11-4-5-12-27(26)22-33(30)41-32/h1-22H. The van der Waals surface area contributed by atoms with Gasteiger partial charge in [0.05, 0.1) is 0 Å². The number of rotatable bonds is 3. The first kappa shape index (κ1) is 23.0. The lowest BCUT2D eigenvalue weighted by atomic mass is 9.97. The molecule has 0 radical (unpaired) electrons. The van der Waals surface area contributed by atoms with Gasteiger partial charge in [0.1, 0.15) is 28.0 Å². The van der Waals surface area contributed by atoms with E-state index >= 15 is 0 Å². The maximum atomic E-state index is 6.31. The van der Waals surface area contributed by atoms with E-state index in [0.717, 1.165) is 66.4 Å². The fourth-order valence-corrected chi connectivity index (χ4v) is 6.06. The van der Waals surface area contributed by atoms with E-state index in [1.54, 1.807) is 0 Å². The van der Waals surface area contributed by atoms with Crippen LogP contribution in [-0.4, -0.2) is 9.97 Å². The minimum Gasteiger partial charge on any atom is -0.456 e. The van der Waals surface area contributed by atoms with Crippen LogP contribution >= 0.6 is 0 Å². The Kier molecular flexibility index (Phi) is 4.87. The molecule has 0 N–H and O–H groups in total. The fourth-order valence-electron chi connectivity index (χ4n) is 6.06. The maximum Gasteiger partial charge on any atom is 0.180 e. The minimum atomic E-state index is 0.665. The lowest BCUT2D eigenvalue weighted by Crippen LogP contribution is -1.94. The van der Waals surface area contributed by atoms with Crippen LogP contribution in [0.1, 0.15) is 0 Å². The van der Waals surface area contributed by atoms with Crippen LogP contribution < -0.4 is 0 Å². The first-order valence-electron chi connectivity index (χ1n) is 14.0. The molecule has 0 unspecified atom stereocenters. The molecule has 9 rings (SSSR count). The molecule has 0 spiro atoms. The van der Waals surface area contributed by atoms with Crippen molar-refractivity contribution in [1.82, 2.24) is 9.97 Å². The van der Waals surface area contributed by atoms with Gasteiger partial charge in [0, 0.05) is 27.3 Å². The third-order valence-corrected chi connectivity index (χ3v) is 8.08. The lowest BCUT2D eigenvalue weighted by molar-refractivity contribution is 0.667. The maximum absolute atomic E-state index is 6.31. The Morgan fingerprint density at radius 3 is 2.02 bits per heavy atom. The lowest BCUT2D eigenvalue weighted by Gasteiger charge is -2.08. The summed E-state index contributed by atoms with van der Waals surface area (Å²) in [6, 6.07) is 45.7. The highest BCUT2D eigenvalue weighted by Crippen LogP contribution is 2.39. The Morgan fingerprint density at radius 2 is 1.17 bits per heavy atom. The van der Waals surface area contributed by atoms with E-state index in [0.29, 0.717) is 11.4 Å². The number of hydrogen-bond donors (Lipinski definition) is 0. The number of aromatic nitrogens is 2. The van der Waals surface area contributed by atoms with E-state index in [1.807, 2.05) is 42.5 Å². The van der Waals surface area contributed by atoms with Crippen LogP contribution in [0.25, 0.3) is 88.6 Å². The van der Waals surface area contributed by atoms with Gasteiger partial charge in [0.2, 0.25) is 0 Å². The number of benzene rings is 6. The third-order valence-electron chi connectivity index (χ3n) is 8.08. The van der Waals surface area contributed by atoms with Crippen molar-refractivity contribution in [3.8, 4) is 33.8 Å². The molecular weight excluding hydrogens is 516 g/mol. The quantitative estimate of drug-likeness (QED) is 0.224. The number of nitrogens with zero attached hydrogens (tertiary/aromatic N) is 2. The molecule has 4 heteroatoms. The van der Waals surface area contributed by atoms with E-state index in [1.165, 1.54) is 10.8 Å². The molecule has 0 bridgehead atoms. The second-order valence-electron chi connectivity index (χ2n) is 10.6. The summed E-state index contributed by atoms with van der Waals surface area (Å²) in [5, 5.41) is 5.60. The largest absolute Gasteiger partial charge is 0.456 e. The normalized spacial score (nSPS) is 11.8. The minimum absolute atomic E-state index is 0.665. The van der Waals surface area contributed by atoms with Crippen LogP contribution in [0.3, 0.4) is 0 Å². The van der Waals surface area contributed by atoms with E-state index in [2.05, 4.69) is 91.0 Å². The molecule has 9 aromatic rings. The highest BCUT2D eigenvalue weighted by atomic mass is 16.3. The average molecular weight is 539 g/mol. The zero-order valence-electron chi connectivity index (χ0n) is 22.4. The average Bonchev–Trinajstić information content (AvgIpc) is 3.61. The topological polar surface area (TPSA) is 52.1 Å². The van der Waals surface area contributed by atoms with Gasteiger partial charge in [-0.15, -0.1) is 0 Å². The SMILES string of the molecule is c1ccc(-c2nc(-c3ccc(-c4cccc5oc6cc7ccccc7cc6c45)cc3)nc3c2oc2ccccc23)cc1. The van der Waals surface area contributed by atoms with Crippen LogP contribution in [0.15, 0.2) is 142 Å². The molecule has 0 aliphatic heterocycles. The Bertz CT molecular complexity index is 2450. The molecule has 0 saturated heterocycles. The molecule has 0 fully saturated rings. The highest BCUT2D eigenvalue weighted by molar-refractivity contribution is 6.15. The third kappa shape index (κ3) is 3.49.